The molecule has 0 radical (unpaired) electrons. The van der Waals surface area contributed by atoms with Crippen molar-refractivity contribution >= 4 is 17.7 Å². The van der Waals surface area contributed by atoms with E-state index in [1.54, 1.807) is 24.3 Å². The third-order valence-corrected chi connectivity index (χ3v) is 6.02. The van der Waals surface area contributed by atoms with E-state index in [-0.39, 0.29) is 23.8 Å². The Hall–Kier alpha value is -2.21. The predicted molar refractivity (Wildman–Crippen MR) is 106 cm³/mol. The summed E-state index contributed by atoms with van der Waals surface area (Å²) in [7, 11) is 0. The number of rotatable bonds is 7. The molecule has 1 aromatic carbocycles. The van der Waals surface area contributed by atoms with Crippen LogP contribution in [0.4, 0.5) is 0 Å². The lowest BCUT2D eigenvalue weighted by atomic mass is 9.74. The van der Waals surface area contributed by atoms with Crippen molar-refractivity contribution in [2.24, 2.45) is 11.3 Å². The van der Waals surface area contributed by atoms with Crippen molar-refractivity contribution in [2.45, 2.75) is 58.4 Å². The third kappa shape index (κ3) is 3.97. The maximum absolute atomic E-state index is 13.1. The molecule has 0 aromatic heterocycles. The average Bonchev–Trinajstić information content (AvgIpc) is 2.96. The number of nitrogens with zero attached hydrogens (tertiary/aromatic N) is 1. The number of nitrogens with one attached hydrogen (secondary N) is 1. The van der Waals surface area contributed by atoms with Gasteiger partial charge in [0.15, 0.2) is 0 Å². The van der Waals surface area contributed by atoms with Crippen LogP contribution in [0.1, 0.15) is 73.1 Å². The molecule has 28 heavy (non-hydrogen) atoms. The van der Waals surface area contributed by atoms with Crippen LogP contribution >= 0.6 is 0 Å². The molecule has 2 N–H and O–H groups in total. The van der Waals surface area contributed by atoms with Crippen LogP contribution in [-0.2, 0) is 4.79 Å². The first kappa shape index (κ1) is 20.5. The van der Waals surface area contributed by atoms with Crippen molar-refractivity contribution in [3.05, 3.63) is 35.4 Å². The second-order valence-electron chi connectivity index (χ2n) is 8.61. The Morgan fingerprint density at radius 1 is 1.11 bits per heavy atom. The van der Waals surface area contributed by atoms with E-state index in [4.69, 9.17) is 0 Å². The van der Waals surface area contributed by atoms with Gasteiger partial charge in [-0.25, -0.2) is 0 Å². The molecule has 3 rings (SSSR count). The molecule has 1 aromatic rings. The van der Waals surface area contributed by atoms with Crippen molar-refractivity contribution < 1.29 is 19.5 Å². The summed E-state index contributed by atoms with van der Waals surface area (Å²) in [5, 5.41) is 12.8. The summed E-state index contributed by atoms with van der Waals surface area (Å²) in [6.07, 6.45) is 5.41. The highest BCUT2D eigenvalue weighted by Gasteiger charge is 2.43. The summed E-state index contributed by atoms with van der Waals surface area (Å²) in [5.74, 6) is -0.991. The molecule has 1 aliphatic heterocycles. The molecule has 0 spiro atoms. The van der Waals surface area contributed by atoms with Gasteiger partial charge in [0.2, 0.25) is 5.91 Å². The maximum Gasteiger partial charge on any atom is 0.262 e. The molecule has 1 atom stereocenters. The summed E-state index contributed by atoms with van der Waals surface area (Å²) in [6.45, 7) is 4.35. The van der Waals surface area contributed by atoms with Crippen LogP contribution in [0, 0.1) is 11.3 Å². The molecule has 3 amide bonds. The first-order chi connectivity index (χ1) is 13.4. The minimum absolute atomic E-state index is 0.0368. The molecule has 1 saturated carbocycles. The van der Waals surface area contributed by atoms with Gasteiger partial charge >= 0.3 is 0 Å². The third-order valence-electron chi connectivity index (χ3n) is 6.02. The molecule has 6 heteroatoms. The molecule has 0 saturated heterocycles. The molecule has 152 valence electrons. The monoisotopic (exact) mass is 386 g/mol. The zero-order valence-electron chi connectivity index (χ0n) is 16.7. The average molecular weight is 386 g/mol. The minimum atomic E-state index is -0.841. The van der Waals surface area contributed by atoms with Gasteiger partial charge in [0.05, 0.1) is 17.7 Å². The lowest BCUT2D eigenvalue weighted by Gasteiger charge is -2.36. The highest BCUT2D eigenvalue weighted by atomic mass is 16.3. The molecule has 1 aliphatic carbocycles. The topological polar surface area (TPSA) is 86.7 Å². The molecular formula is C22H30N2O4. The fraction of sp³-hybridized carbons (Fsp3) is 0.591. The van der Waals surface area contributed by atoms with E-state index >= 15 is 0 Å². The van der Waals surface area contributed by atoms with Gasteiger partial charge in [0.1, 0.15) is 6.04 Å². The molecular weight excluding hydrogens is 356 g/mol. The number of aliphatic hydroxyl groups is 1. The number of amides is 3. The Bertz CT molecular complexity index is 718. The zero-order valence-corrected chi connectivity index (χ0v) is 16.7. The fourth-order valence-electron chi connectivity index (χ4n) is 4.35. The van der Waals surface area contributed by atoms with Crippen molar-refractivity contribution in [1.29, 1.82) is 0 Å². The number of imide groups is 1. The van der Waals surface area contributed by atoms with E-state index < -0.39 is 17.9 Å². The van der Waals surface area contributed by atoms with Gasteiger partial charge in [-0.2, -0.15) is 0 Å². The second-order valence-corrected chi connectivity index (χ2v) is 8.61. The molecule has 6 nitrogen and oxygen atoms in total. The summed E-state index contributed by atoms with van der Waals surface area (Å²) in [6, 6.07) is 5.86. The lowest BCUT2D eigenvalue weighted by molar-refractivity contribution is -0.126. The Morgan fingerprint density at radius 2 is 1.68 bits per heavy atom. The van der Waals surface area contributed by atoms with Crippen molar-refractivity contribution in [3.8, 4) is 0 Å². The standard InChI is InChI=1S/C22H30N2O4/c1-15(2)12-18(19(26)23-13-22(14-25)10-6-3-7-11-22)24-20(27)16-8-4-5-9-17(16)21(24)28/h4-5,8-9,15,18,25H,3,6-7,10-14H2,1-2H3,(H,23,26). The van der Waals surface area contributed by atoms with E-state index in [2.05, 4.69) is 5.32 Å². The smallest absolute Gasteiger partial charge is 0.262 e. The van der Waals surface area contributed by atoms with Crippen molar-refractivity contribution in [3.63, 3.8) is 0 Å². The van der Waals surface area contributed by atoms with Crippen molar-refractivity contribution in [1.82, 2.24) is 10.2 Å². The number of fused-ring (bicyclic) bond motifs is 1. The number of aliphatic hydroxyl groups excluding tert-OH is 1. The molecule has 1 heterocycles. The highest BCUT2D eigenvalue weighted by Crippen LogP contribution is 2.35. The predicted octanol–water partition coefficient (Wildman–Crippen LogP) is 2.76. The summed E-state index contributed by atoms with van der Waals surface area (Å²) < 4.78 is 0. The first-order valence-electron chi connectivity index (χ1n) is 10.2. The summed E-state index contributed by atoms with van der Waals surface area (Å²) in [4.78, 5) is 39.9. The Labute approximate surface area is 166 Å². The van der Waals surface area contributed by atoms with Crippen molar-refractivity contribution in [2.75, 3.05) is 13.2 Å². The molecule has 1 unspecified atom stereocenters. The Morgan fingerprint density at radius 3 is 2.18 bits per heavy atom. The van der Waals surface area contributed by atoms with E-state index in [1.165, 1.54) is 0 Å². The highest BCUT2D eigenvalue weighted by molar-refractivity contribution is 6.22. The van der Waals surface area contributed by atoms with Crippen LogP contribution in [0.5, 0.6) is 0 Å². The van der Waals surface area contributed by atoms with Gasteiger partial charge in [0, 0.05) is 12.0 Å². The van der Waals surface area contributed by atoms with E-state index in [0.717, 1.165) is 37.0 Å². The van der Waals surface area contributed by atoms with Gasteiger partial charge in [-0.3, -0.25) is 19.3 Å². The van der Waals surface area contributed by atoms with Gasteiger partial charge in [0.25, 0.3) is 11.8 Å². The van der Waals surface area contributed by atoms with Gasteiger partial charge < -0.3 is 10.4 Å². The van der Waals surface area contributed by atoms with E-state index in [0.29, 0.717) is 24.1 Å². The van der Waals surface area contributed by atoms with Crippen LogP contribution < -0.4 is 5.32 Å². The summed E-state index contributed by atoms with van der Waals surface area (Å²) in [5.41, 5.74) is 0.416. The SMILES string of the molecule is CC(C)CC(C(=O)NCC1(CO)CCCCC1)N1C(=O)c2ccccc2C1=O. The quantitative estimate of drug-likeness (QED) is 0.706. The lowest BCUT2D eigenvalue weighted by Crippen LogP contribution is -2.52. The number of hydrogen-bond donors (Lipinski definition) is 2. The Kier molecular flexibility index (Phi) is 6.18. The fourth-order valence-corrected chi connectivity index (χ4v) is 4.35. The second kappa shape index (κ2) is 8.43. The van der Waals surface area contributed by atoms with Gasteiger partial charge in [-0.05, 0) is 37.3 Å². The van der Waals surface area contributed by atoms with E-state index in [9.17, 15) is 19.5 Å². The van der Waals surface area contributed by atoms with Gasteiger partial charge in [-0.15, -0.1) is 0 Å². The molecule has 2 aliphatic rings. The zero-order chi connectivity index (χ0) is 20.3. The normalized spacial score (nSPS) is 19.6. The van der Waals surface area contributed by atoms with Crippen LogP contribution in [0.2, 0.25) is 0 Å². The Balaban J connectivity index is 1.78. The van der Waals surface area contributed by atoms with E-state index in [1.807, 2.05) is 13.8 Å². The van der Waals surface area contributed by atoms with Crippen LogP contribution in [0.15, 0.2) is 24.3 Å². The van der Waals surface area contributed by atoms with Crippen LogP contribution in [0.3, 0.4) is 0 Å². The van der Waals surface area contributed by atoms with Gasteiger partial charge in [-0.1, -0.05) is 45.2 Å². The van der Waals surface area contributed by atoms with Crippen LogP contribution in [-0.4, -0.2) is 46.9 Å². The molecule has 0 bridgehead atoms. The summed E-state index contributed by atoms with van der Waals surface area (Å²) >= 11 is 0. The van der Waals surface area contributed by atoms with Crippen LogP contribution in [0.25, 0.3) is 0 Å². The number of hydrogen-bond acceptors (Lipinski definition) is 4. The first-order valence-corrected chi connectivity index (χ1v) is 10.2. The maximum atomic E-state index is 13.1. The number of carbonyl (C=O) groups is 3. The number of benzene rings is 1. The molecule has 1 fully saturated rings. The largest absolute Gasteiger partial charge is 0.396 e. The minimum Gasteiger partial charge on any atom is -0.396 e. The number of carbonyl (C=O) groups excluding carboxylic acids is 3.